The third kappa shape index (κ3) is 3.80. The van der Waals surface area contributed by atoms with Gasteiger partial charge in [0.05, 0.1) is 5.69 Å². The lowest BCUT2D eigenvalue weighted by molar-refractivity contribution is 0.220. The van der Waals surface area contributed by atoms with Crippen molar-refractivity contribution in [3.8, 4) is 0 Å². The Labute approximate surface area is 118 Å². The van der Waals surface area contributed by atoms with Crippen molar-refractivity contribution in [2.24, 2.45) is 13.0 Å². The van der Waals surface area contributed by atoms with Gasteiger partial charge < -0.3 is 10.2 Å². The number of aromatic nitrogens is 2. The smallest absolute Gasteiger partial charge is 0.0644 e. The fourth-order valence-electron chi connectivity index (χ4n) is 2.83. The van der Waals surface area contributed by atoms with Gasteiger partial charge in [-0.3, -0.25) is 4.68 Å². The van der Waals surface area contributed by atoms with E-state index in [0.717, 1.165) is 12.2 Å². The first-order chi connectivity index (χ1) is 8.75. The summed E-state index contributed by atoms with van der Waals surface area (Å²) in [6.07, 6.45) is 0. The predicted octanol–water partition coefficient (Wildman–Crippen LogP) is 2.27. The number of aryl methyl sites for hydroxylation is 2. The molecule has 2 unspecified atom stereocenters. The standard InChI is InChI=1S/C15H30N4/c1-10(2)14(18(6)7)9-16-11(3)15-12(4)17-19(8)13(15)5/h10-11,14,16H,9H2,1-8H3. The van der Waals surface area contributed by atoms with Gasteiger partial charge in [0.1, 0.15) is 0 Å². The molecule has 1 aromatic heterocycles. The van der Waals surface area contributed by atoms with Gasteiger partial charge >= 0.3 is 0 Å². The van der Waals surface area contributed by atoms with Gasteiger partial charge in [-0.15, -0.1) is 0 Å². The highest BCUT2D eigenvalue weighted by atomic mass is 15.3. The summed E-state index contributed by atoms with van der Waals surface area (Å²) in [5.41, 5.74) is 3.72. The molecule has 0 saturated heterocycles. The van der Waals surface area contributed by atoms with Crippen LogP contribution in [0.2, 0.25) is 0 Å². The molecule has 0 aliphatic heterocycles. The number of likely N-dealkylation sites (N-methyl/N-ethyl adjacent to an activating group) is 1. The summed E-state index contributed by atoms with van der Waals surface area (Å²) >= 11 is 0. The summed E-state index contributed by atoms with van der Waals surface area (Å²) in [4.78, 5) is 2.30. The van der Waals surface area contributed by atoms with Crippen LogP contribution in [-0.2, 0) is 7.05 Å². The van der Waals surface area contributed by atoms with Crippen molar-refractivity contribution in [3.05, 3.63) is 17.0 Å². The summed E-state index contributed by atoms with van der Waals surface area (Å²) in [5.74, 6) is 0.644. The minimum Gasteiger partial charge on any atom is -0.308 e. The predicted molar refractivity (Wildman–Crippen MR) is 81.4 cm³/mol. The largest absolute Gasteiger partial charge is 0.308 e. The maximum absolute atomic E-state index is 4.50. The molecule has 0 aliphatic rings. The van der Waals surface area contributed by atoms with Gasteiger partial charge in [-0.25, -0.2) is 0 Å². The summed E-state index contributed by atoms with van der Waals surface area (Å²) in [6.45, 7) is 12.0. The van der Waals surface area contributed by atoms with Crippen molar-refractivity contribution in [1.82, 2.24) is 20.0 Å². The minimum atomic E-state index is 0.342. The summed E-state index contributed by atoms with van der Waals surface area (Å²) in [5, 5.41) is 8.16. The molecule has 0 bridgehead atoms. The minimum absolute atomic E-state index is 0.342. The van der Waals surface area contributed by atoms with Crippen LogP contribution >= 0.6 is 0 Å². The topological polar surface area (TPSA) is 33.1 Å². The Bertz CT molecular complexity index is 399. The van der Waals surface area contributed by atoms with Gasteiger partial charge in [0.25, 0.3) is 0 Å². The van der Waals surface area contributed by atoms with Crippen LogP contribution in [0.1, 0.15) is 43.8 Å². The fraction of sp³-hybridized carbons (Fsp3) is 0.800. The Kier molecular flexibility index (Phi) is 5.56. The molecule has 0 amide bonds. The van der Waals surface area contributed by atoms with E-state index in [4.69, 9.17) is 0 Å². The van der Waals surface area contributed by atoms with Crippen molar-refractivity contribution in [2.75, 3.05) is 20.6 Å². The second-order valence-corrected chi connectivity index (χ2v) is 6.11. The van der Waals surface area contributed by atoms with E-state index in [9.17, 15) is 0 Å². The van der Waals surface area contributed by atoms with Crippen LogP contribution in [0, 0.1) is 19.8 Å². The lowest BCUT2D eigenvalue weighted by Crippen LogP contribution is -2.42. The number of rotatable bonds is 6. The van der Waals surface area contributed by atoms with Gasteiger partial charge in [-0.1, -0.05) is 13.8 Å². The third-order valence-electron chi connectivity index (χ3n) is 4.06. The number of nitrogens with one attached hydrogen (secondary N) is 1. The van der Waals surface area contributed by atoms with Crippen LogP contribution < -0.4 is 5.32 Å². The molecule has 1 aromatic rings. The maximum atomic E-state index is 4.50. The quantitative estimate of drug-likeness (QED) is 0.857. The molecule has 1 N–H and O–H groups in total. The van der Waals surface area contributed by atoms with Gasteiger partial charge in [0.15, 0.2) is 0 Å². The molecule has 0 aromatic carbocycles. The van der Waals surface area contributed by atoms with Gasteiger partial charge in [0.2, 0.25) is 0 Å². The number of nitrogens with zero attached hydrogens (tertiary/aromatic N) is 3. The molecule has 1 rings (SSSR count). The lowest BCUT2D eigenvalue weighted by Gasteiger charge is -2.29. The molecule has 4 nitrogen and oxygen atoms in total. The van der Waals surface area contributed by atoms with E-state index >= 15 is 0 Å². The Morgan fingerprint density at radius 2 is 1.79 bits per heavy atom. The van der Waals surface area contributed by atoms with E-state index in [1.165, 1.54) is 11.3 Å². The molecule has 0 spiro atoms. The summed E-state index contributed by atoms with van der Waals surface area (Å²) < 4.78 is 1.97. The zero-order chi connectivity index (χ0) is 14.7. The van der Waals surface area contributed by atoms with Crippen molar-refractivity contribution in [2.45, 2.75) is 46.7 Å². The van der Waals surface area contributed by atoms with Crippen LogP contribution in [0.3, 0.4) is 0 Å². The van der Waals surface area contributed by atoms with Crippen LogP contribution in [-0.4, -0.2) is 41.4 Å². The zero-order valence-corrected chi connectivity index (χ0v) is 13.8. The van der Waals surface area contributed by atoms with Crippen LogP contribution in [0.15, 0.2) is 0 Å². The fourth-order valence-corrected chi connectivity index (χ4v) is 2.83. The normalized spacial score (nSPS) is 15.3. The van der Waals surface area contributed by atoms with E-state index < -0.39 is 0 Å². The van der Waals surface area contributed by atoms with Crippen molar-refractivity contribution >= 4 is 0 Å². The van der Waals surface area contributed by atoms with E-state index in [-0.39, 0.29) is 0 Å². The molecule has 0 aliphatic carbocycles. The SMILES string of the molecule is Cc1nn(C)c(C)c1C(C)NCC(C(C)C)N(C)C. The first-order valence-corrected chi connectivity index (χ1v) is 7.15. The third-order valence-corrected chi connectivity index (χ3v) is 4.06. The summed E-state index contributed by atoms with van der Waals surface area (Å²) in [7, 11) is 6.31. The first-order valence-electron chi connectivity index (χ1n) is 7.15. The van der Waals surface area contributed by atoms with Gasteiger partial charge in [-0.2, -0.15) is 5.10 Å². The average Bonchev–Trinajstić information content (AvgIpc) is 2.52. The lowest BCUT2D eigenvalue weighted by atomic mass is 10.0. The number of hydrogen-bond acceptors (Lipinski definition) is 3. The second kappa shape index (κ2) is 6.53. The van der Waals surface area contributed by atoms with Crippen LogP contribution in [0.25, 0.3) is 0 Å². The Morgan fingerprint density at radius 3 is 2.16 bits per heavy atom. The monoisotopic (exact) mass is 266 g/mol. The molecule has 0 saturated carbocycles. The van der Waals surface area contributed by atoms with Crippen LogP contribution in [0.4, 0.5) is 0 Å². The van der Waals surface area contributed by atoms with E-state index in [1.807, 2.05) is 11.7 Å². The second-order valence-electron chi connectivity index (χ2n) is 6.11. The molecule has 4 heteroatoms. The number of hydrogen-bond donors (Lipinski definition) is 1. The molecule has 110 valence electrons. The van der Waals surface area contributed by atoms with E-state index in [0.29, 0.717) is 18.0 Å². The Morgan fingerprint density at radius 1 is 1.21 bits per heavy atom. The first kappa shape index (κ1) is 16.2. The van der Waals surface area contributed by atoms with Crippen molar-refractivity contribution in [1.29, 1.82) is 0 Å². The van der Waals surface area contributed by atoms with Crippen molar-refractivity contribution < 1.29 is 0 Å². The van der Waals surface area contributed by atoms with Gasteiger partial charge in [-0.05, 0) is 40.8 Å². The summed E-state index contributed by atoms with van der Waals surface area (Å²) in [6, 6.07) is 0.898. The van der Waals surface area contributed by atoms with Crippen LogP contribution in [0.5, 0.6) is 0 Å². The molecule has 19 heavy (non-hydrogen) atoms. The van der Waals surface area contributed by atoms with E-state index in [2.05, 4.69) is 64.0 Å². The average molecular weight is 266 g/mol. The highest BCUT2D eigenvalue weighted by molar-refractivity contribution is 5.27. The van der Waals surface area contributed by atoms with Crippen molar-refractivity contribution in [3.63, 3.8) is 0 Å². The highest BCUT2D eigenvalue weighted by Gasteiger charge is 2.20. The van der Waals surface area contributed by atoms with Gasteiger partial charge in [0, 0.05) is 36.9 Å². The zero-order valence-electron chi connectivity index (χ0n) is 13.8. The molecule has 2 atom stereocenters. The molecule has 0 radical (unpaired) electrons. The molecule has 0 fully saturated rings. The highest BCUT2D eigenvalue weighted by Crippen LogP contribution is 2.21. The molecular weight excluding hydrogens is 236 g/mol. The Balaban J connectivity index is 2.72. The maximum Gasteiger partial charge on any atom is 0.0644 e. The molecule has 1 heterocycles. The van der Waals surface area contributed by atoms with E-state index in [1.54, 1.807) is 0 Å². The molecular formula is C15H30N4. The Hall–Kier alpha value is -0.870.